The molecule has 0 saturated heterocycles. The molecule has 13 heteroatoms. The number of carbonyl (C=O) groups is 2. The first kappa shape index (κ1) is 24.9. The van der Waals surface area contributed by atoms with Crippen molar-refractivity contribution in [2.24, 2.45) is 0 Å². The zero-order chi connectivity index (χ0) is 25.1. The zero-order valence-corrected chi connectivity index (χ0v) is 18.3. The molecule has 0 spiro atoms. The van der Waals surface area contributed by atoms with Crippen LogP contribution in [0.15, 0.2) is 36.4 Å². The normalized spacial score (nSPS) is 13.1. The molecule has 0 radical (unpaired) electrons. The third kappa shape index (κ3) is 4.92. The van der Waals surface area contributed by atoms with Crippen LogP contribution in [0, 0.1) is 17.1 Å². The van der Waals surface area contributed by atoms with Crippen molar-refractivity contribution in [1.29, 1.82) is 5.26 Å². The van der Waals surface area contributed by atoms with Gasteiger partial charge in [0.2, 0.25) is 0 Å². The van der Waals surface area contributed by atoms with Crippen molar-refractivity contribution in [3.63, 3.8) is 0 Å². The Kier molecular flexibility index (Phi) is 7.04. The fourth-order valence-electron chi connectivity index (χ4n) is 3.09. The van der Waals surface area contributed by atoms with E-state index in [2.05, 4.69) is 15.6 Å². The van der Waals surface area contributed by atoms with Gasteiger partial charge in [-0.2, -0.15) is 18.4 Å². The Hall–Kier alpha value is -3.76. The maximum absolute atomic E-state index is 13.8. The number of hydrogen-bond acceptors (Lipinski definition) is 6. The lowest BCUT2D eigenvalue weighted by molar-refractivity contribution is -0.256. The molecule has 0 aliphatic rings. The number of anilines is 2. The fourth-order valence-corrected chi connectivity index (χ4v) is 4.03. The number of aliphatic hydroxyl groups is 1. The van der Waals surface area contributed by atoms with Gasteiger partial charge >= 0.3 is 12.2 Å². The minimum absolute atomic E-state index is 0.0143. The number of likely N-dealkylation sites (N-methyl/N-ethyl adjacent to an activating group) is 1. The highest BCUT2D eigenvalue weighted by atomic mass is 32.1. The number of carbonyl (C=O) groups excluding carboxylic acids is 2. The summed E-state index contributed by atoms with van der Waals surface area (Å²) >= 11 is 0.782. The highest BCUT2D eigenvalue weighted by Gasteiger charge is 2.60. The summed E-state index contributed by atoms with van der Waals surface area (Å²) in [6.07, 6.45) is -5.72. The number of thiazole rings is 1. The van der Waals surface area contributed by atoms with Crippen LogP contribution >= 0.6 is 11.3 Å². The fraction of sp³-hybridized carbons (Fsp3) is 0.238. The molecule has 2 aromatic carbocycles. The van der Waals surface area contributed by atoms with Crippen LogP contribution in [-0.4, -0.2) is 34.7 Å². The number of urea groups is 1. The van der Waals surface area contributed by atoms with E-state index >= 15 is 0 Å². The van der Waals surface area contributed by atoms with Gasteiger partial charge in [0.15, 0.2) is 5.13 Å². The van der Waals surface area contributed by atoms with Gasteiger partial charge in [-0.1, -0.05) is 11.3 Å². The molecule has 0 aliphatic carbocycles. The summed E-state index contributed by atoms with van der Waals surface area (Å²) in [4.78, 5) is 28.6. The Bertz CT molecular complexity index is 1270. The number of nitrogens with zero attached hydrogens (tertiary/aromatic N) is 2. The van der Waals surface area contributed by atoms with E-state index in [0.717, 1.165) is 35.6 Å². The third-order valence-electron chi connectivity index (χ3n) is 4.66. The second-order valence-electron chi connectivity index (χ2n) is 6.99. The summed E-state index contributed by atoms with van der Waals surface area (Å²) in [5.41, 5.74) is -4.20. The zero-order valence-electron chi connectivity index (χ0n) is 17.5. The van der Waals surface area contributed by atoms with Crippen LogP contribution in [0.1, 0.15) is 18.1 Å². The molecule has 3 amide bonds. The minimum Gasteiger partial charge on any atom is -0.369 e. The number of nitriles is 1. The summed E-state index contributed by atoms with van der Waals surface area (Å²) in [6.45, 7) is 1.25. The number of aromatic nitrogens is 1. The highest BCUT2D eigenvalue weighted by Crippen LogP contribution is 2.42. The number of benzene rings is 2. The standard InChI is InChI=1S/C21H17F4N5O3S/c1-2-27-17(31)20(33,21(23,24)25)12-9-11(7-8-26)16-15(10-12)34-19(29-16)30-18(32)28-14-5-3-13(22)4-6-14/h3-6,9-10,33H,2,7H2,1H3,(H,27,31)(H2,28,29,30,32)/t20-/m0/s1. The molecular formula is C21H17F4N5O3S. The lowest BCUT2D eigenvalue weighted by Crippen LogP contribution is -2.54. The van der Waals surface area contributed by atoms with E-state index in [1.165, 1.54) is 19.1 Å². The number of nitrogens with one attached hydrogen (secondary N) is 3. The van der Waals surface area contributed by atoms with Crippen LogP contribution in [0.25, 0.3) is 10.2 Å². The van der Waals surface area contributed by atoms with E-state index in [0.29, 0.717) is 0 Å². The average Bonchev–Trinajstić information content (AvgIpc) is 3.16. The smallest absolute Gasteiger partial charge is 0.369 e. The molecule has 0 fully saturated rings. The summed E-state index contributed by atoms with van der Waals surface area (Å²) < 4.78 is 54.5. The Morgan fingerprint density at radius 1 is 1.18 bits per heavy atom. The van der Waals surface area contributed by atoms with Crippen molar-refractivity contribution in [1.82, 2.24) is 10.3 Å². The molecule has 34 heavy (non-hydrogen) atoms. The average molecular weight is 495 g/mol. The molecule has 178 valence electrons. The second kappa shape index (κ2) is 9.62. The number of halogens is 4. The molecule has 1 heterocycles. The summed E-state index contributed by atoms with van der Waals surface area (Å²) in [5.74, 6) is -2.16. The summed E-state index contributed by atoms with van der Waals surface area (Å²) in [5, 5.41) is 26.4. The predicted molar refractivity (Wildman–Crippen MR) is 117 cm³/mol. The van der Waals surface area contributed by atoms with E-state index in [-0.39, 0.29) is 39.6 Å². The number of hydrogen-bond donors (Lipinski definition) is 4. The van der Waals surface area contributed by atoms with Crippen molar-refractivity contribution in [2.75, 3.05) is 17.2 Å². The lowest BCUT2D eigenvalue weighted by Gasteiger charge is -2.29. The second-order valence-corrected chi connectivity index (χ2v) is 8.02. The van der Waals surface area contributed by atoms with E-state index in [9.17, 15) is 32.3 Å². The van der Waals surface area contributed by atoms with Crippen LogP contribution in [0.2, 0.25) is 0 Å². The molecule has 4 N–H and O–H groups in total. The number of amides is 3. The van der Waals surface area contributed by atoms with Crippen LogP contribution in [0.3, 0.4) is 0 Å². The minimum atomic E-state index is -5.36. The molecule has 0 bridgehead atoms. The Morgan fingerprint density at radius 2 is 1.85 bits per heavy atom. The SMILES string of the molecule is CCNC(=O)[C@@](O)(c1cc(CC#N)c2nc(NC(=O)Nc3ccc(F)cc3)sc2c1)C(F)(F)F. The molecule has 8 nitrogen and oxygen atoms in total. The van der Waals surface area contributed by atoms with Crippen LogP contribution in [-0.2, 0) is 16.8 Å². The molecule has 3 rings (SSSR count). The number of rotatable bonds is 6. The summed E-state index contributed by atoms with van der Waals surface area (Å²) in [6, 6.07) is 7.82. The quantitative estimate of drug-likeness (QED) is 0.384. The van der Waals surface area contributed by atoms with Crippen LogP contribution in [0.4, 0.5) is 33.2 Å². The molecule has 0 saturated carbocycles. The van der Waals surface area contributed by atoms with E-state index in [1.807, 2.05) is 5.32 Å². The number of alkyl halides is 3. The topological polar surface area (TPSA) is 127 Å². The monoisotopic (exact) mass is 495 g/mol. The van der Waals surface area contributed by atoms with Crippen LogP contribution in [0.5, 0.6) is 0 Å². The van der Waals surface area contributed by atoms with Gasteiger partial charge in [-0.25, -0.2) is 14.2 Å². The lowest BCUT2D eigenvalue weighted by atomic mass is 9.90. The molecule has 1 atom stereocenters. The predicted octanol–water partition coefficient (Wildman–Crippen LogP) is 4.03. The van der Waals surface area contributed by atoms with Crippen molar-refractivity contribution in [2.45, 2.75) is 25.1 Å². The van der Waals surface area contributed by atoms with Gasteiger partial charge in [-0.3, -0.25) is 10.1 Å². The maximum atomic E-state index is 13.8. The Balaban J connectivity index is 2.00. The highest BCUT2D eigenvalue weighted by molar-refractivity contribution is 7.22. The Labute approximate surface area is 194 Å². The Morgan fingerprint density at radius 3 is 2.44 bits per heavy atom. The van der Waals surface area contributed by atoms with Gasteiger partial charge in [-0.15, -0.1) is 0 Å². The first-order valence-corrected chi connectivity index (χ1v) is 10.5. The van der Waals surface area contributed by atoms with Gasteiger partial charge in [0.25, 0.3) is 11.5 Å². The molecule has 0 aliphatic heterocycles. The van der Waals surface area contributed by atoms with Gasteiger partial charge in [-0.05, 0) is 48.9 Å². The largest absolute Gasteiger partial charge is 0.430 e. The third-order valence-corrected chi connectivity index (χ3v) is 5.58. The van der Waals surface area contributed by atoms with Gasteiger partial charge < -0.3 is 15.7 Å². The molecule has 0 unspecified atom stereocenters. The van der Waals surface area contributed by atoms with E-state index < -0.39 is 35.1 Å². The van der Waals surface area contributed by atoms with Gasteiger partial charge in [0.1, 0.15) is 5.82 Å². The maximum Gasteiger partial charge on any atom is 0.430 e. The van der Waals surface area contributed by atoms with E-state index in [4.69, 9.17) is 5.26 Å². The van der Waals surface area contributed by atoms with Gasteiger partial charge in [0.05, 0.1) is 22.7 Å². The first-order valence-electron chi connectivity index (χ1n) is 9.71. The first-order chi connectivity index (χ1) is 16.0. The summed E-state index contributed by atoms with van der Waals surface area (Å²) in [7, 11) is 0. The van der Waals surface area contributed by atoms with Gasteiger partial charge in [0, 0.05) is 17.8 Å². The molecular weight excluding hydrogens is 478 g/mol. The molecule has 1 aromatic heterocycles. The van der Waals surface area contributed by atoms with Crippen LogP contribution < -0.4 is 16.0 Å². The van der Waals surface area contributed by atoms with Crippen molar-refractivity contribution in [3.05, 3.63) is 53.3 Å². The van der Waals surface area contributed by atoms with Crippen molar-refractivity contribution in [3.8, 4) is 6.07 Å². The van der Waals surface area contributed by atoms with Crippen molar-refractivity contribution >= 4 is 44.3 Å². The van der Waals surface area contributed by atoms with E-state index in [1.54, 1.807) is 6.07 Å². The molecule has 3 aromatic rings. The van der Waals surface area contributed by atoms with Crippen molar-refractivity contribution < 1.29 is 32.3 Å². The number of fused-ring (bicyclic) bond motifs is 1.